The van der Waals surface area contributed by atoms with Crippen LogP contribution < -0.4 is 4.80 Å². The highest BCUT2D eigenvalue weighted by Gasteiger charge is 2.27. The van der Waals surface area contributed by atoms with E-state index in [1.165, 1.54) is 23.5 Å². The van der Waals surface area contributed by atoms with Gasteiger partial charge in [-0.15, -0.1) is 11.3 Å². The average molecular weight is 432 g/mol. The van der Waals surface area contributed by atoms with Crippen molar-refractivity contribution >= 4 is 27.0 Å². The Bertz CT molecular complexity index is 1160. The zero-order valence-corrected chi connectivity index (χ0v) is 17.7. The van der Waals surface area contributed by atoms with E-state index in [4.69, 9.17) is 0 Å². The summed E-state index contributed by atoms with van der Waals surface area (Å²) in [4.78, 5) is 5.76. The molecule has 2 aromatic carbocycles. The summed E-state index contributed by atoms with van der Waals surface area (Å²) in [5.74, 6) is -0.289. The van der Waals surface area contributed by atoms with Crippen molar-refractivity contribution in [2.24, 2.45) is 4.99 Å². The summed E-state index contributed by atoms with van der Waals surface area (Å²) >= 11 is 1.50. The Hall–Kier alpha value is -2.29. The van der Waals surface area contributed by atoms with Crippen LogP contribution in [0.15, 0.2) is 63.8 Å². The van der Waals surface area contributed by atoms with Gasteiger partial charge in [-0.2, -0.15) is 4.31 Å². The average Bonchev–Trinajstić information content (AvgIpc) is 3.40. The Kier molecular flexibility index (Phi) is 5.67. The summed E-state index contributed by atoms with van der Waals surface area (Å²) < 4.78 is 42.2. The van der Waals surface area contributed by atoms with E-state index in [0.29, 0.717) is 30.2 Å². The molecule has 0 unspecified atom stereocenters. The largest absolute Gasteiger partial charge is 0.317 e. The first kappa shape index (κ1) is 20.0. The van der Waals surface area contributed by atoms with Crippen molar-refractivity contribution in [3.63, 3.8) is 0 Å². The first-order valence-electron chi connectivity index (χ1n) is 9.58. The van der Waals surface area contributed by atoms with E-state index in [-0.39, 0.29) is 5.82 Å². The fraction of sp³-hybridized carbons (Fsp3) is 0.286. The van der Waals surface area contributed by atoms with Crippen LogP contribution in [0.1, 0.15) is 19.8 Å². The van der Waals surface area contributed by atoms with E-state index in [9.17, 15) is 12.8 Å². The summed E-state index contributed by atoms with van der Waals surface area (Å²) in [6, 6.07) is 13.1. The first-order valence-corrected chi connectivity index (χ1v) is 11.9. The molecule has 0 radical (unpaired) electrons. The molecule has 2 heterocycles. The van der Waals surface area contributed by atoms with E-state index in [2.05, 4.69) is 9.56 Å². The number of halogens is 1. The molecule has 1 aliphatic heterocycles. The molecule has 1 fully saturated rings. The maximum atomic E-state index is 13.1. The SMILES string of the molecule is CCn1c(-c2ccc(S(=O)(=O)N3CCCC3)cc2)csc1=Nc1ccc(F)cc1. The molecule has 29 heavy (non-hydrogen) atoms. The molecule has 8 heteroatoms. The van der Waals surface area contributed by atoms with Crippen molar-refractivity contribution in [3.8, 4) is 11.3 Å². The van der Waals surface area contributed by atoms with Gasteiger partial charge in [0, 0.05) is 25.0 Å². The second kappa shape index (κ2) is 8.22. The monoisotopic (exact) mass is 431 g/mol. The molecule has 0 aliphatic carbocycles. The fourth-order valence-electron chi connectivity index (χ4n) is 3.46. The smallest absolute Gasteiger partial charge is 0.243 e. The van der Waals surface area contributed by atoms with Crippen LogP contribution in [0.25, 0.3) is 11.3 Å². The molecule has 0 amide bonds. The molecule has 0 atom stereocenters. The zero-order valence-electron chi connectivity index (χ0n) is 16.1. The minimum atomic E-state index is -3.41. The quantitative estimate of drug-likeness (QED) is 0.602. The number of rotatable bonds is 5. The number of hydrogen-bond donors (Lipinski definition) is 0. The molecule has 3 aromatic rings. The number of hydrogen-bond acceptors (Lipinski definition) is 4. The zero-order chi connectivity index (χ0) is 20.4. The van der Waals surface area contributed by atoms with Gasteiger partial charge in [0.15, 0.2) is 4.80 Å². The second-order valence-electron chi connectivity index (χ2n) is 6.87. The predicted octanol–water partition coefficient (Wildman–Crippen LogP) is 4.39. The molecule has 1 saturated heterocycles. The molecule has 0 N–H and O–H groups in total. The summed E-state index contributed by atoms with van der Waals surface area (Å²) in [5, 5.41) is 2.01. The van der Waals surface area contributed by atoms with Crippen LogP contribution in [0.5, 0.6) is 0 Å². The summed E-state index contributed by atoms with van der Waals surface area (Å²) in [7, 11) is -3.41. The predicted molar refractivity (Wildman–Crippen MR) is 113 cm³/mol. The van der Waals surface area contributed by atoms with Crippen molar-refractivity contribution in [1.82, 2.24) is 8.87 Å². The highest BCUT2D eigenvalue weighted by atomic mass is 32.2. The number of benzene rings is 2. The lowest BCUT2D eigenvalue weighted by Crippen LogP contribution is -2.27. The van der Waals surface area contributed by atoms with Gasteiger partial charge in [0.25, 0.3) is 0 Å². The van der Waals surface area contributed by atoms with Crippen LogP contribution in [0.3, 0.4) is 0 Å². The molecule has 1 aliphatic rings. The first-order chi connectivity index (χ1) is 14.0. The van der Waals surface area contributed by atoms with E-state index < -0.39 is 10.0 Å². The summed E-state index contributed by atoms with van der Waals surface area (Å²) in [6.07, 6.45) is 1.84. The molecule has 0 spiro atoms. The van der Waals surface area contributed by atoms with Crippen molar-refractivity contribution in [2.75, 3.05) is 13.1 Å². The molecule has 5 nitrogen and oxygen atoms in total. The molecule has 0 bridgehead atoms. The molecular weight excluding hydrogens is 409 g/mol. The highest BCUT2D eigenvalue weighted by molar-refractivity contribution is 7.89. The molecule has 1 aromatic heterocycles. The lowest BCUT2D eigenvalue weighted by molar-refractivity contribution is 0.477. The molecule has 152 valence electrons. The highest BCUT2D eigenvalue weighted by Crippen LogP contribution is 2.25. The van der Waals surface area contributed by atoms with E-state index >= 15 is 0 Å². The van der Waals surface area contributed by atoms with Crippen molar-refractivity contribution < 1.29 is 12.8 Å². The van der Waals surface area contributed by atoms with Crippen LogP contribution in [0.4, 0.5) is 10.1 Å². The van der Waals surface area contributed by atoms with Gasteiger partial charge in [-0.3, -0.25) is 0 Å². The van der Waals surface area contributed by atoms with Crippen LogP contribution in [0.2, 0.25) is 0 Å². The second-order valence-corrected chi connectivity index (χ2v) is 9.65. The van der Waals surface area contributed by atoms with Crippen LogP contribution in [-0.2, 0) is 16.6 Å². The standard InChI is InChI=1S/C21H22FN3O2S2/c1-2-25-20(15-28-21(25)23-18-9-7-17(22)8-10-18)16-5-11-19(12-6-16)29(26,27)24-13-3-4-14-24/h5-12,15H,2-4,13-14H2,1H3. The van der Waals surface area contributed by atoms with Crippen LogP contribution in [0, 0.1) is 5.82 Å². The summed E-state index contributed by atoms with van der Waals surface area (Å²) in [6.45, 7) is 3.94. The van der Waals surface area contributed by atoms with Gasteiger partial charge in [0.2, 0.25) is 10.0 Å². The van der Waals surface area contributed by atoms with Gasteiger partial charge in [-0.25, -0.2) is 17.8 Å². The minimum absolute atomic E-state index is 0.289. The van der Waals surface area contributed by atoms with Gasteiger partial charge in [0.05, 0.1) is 16.3 Å². The lowest BCUT2D eigenvalue weighted by atomic mass is 10.2. The third-order valence-corrected chi connectivity index (χ3v) is 7.79. The van der Waals surface area contributed by atoms with E-state index in [1.54, 1.807) is 28.6 Å². The van der Waals surface area contributed by atoms with Gasteiger partial charge in [-0.05, 0) is 61.7 Å². The maximum Gasteiger partial charge on any atom is 0.243 e. The van der Waals surface area contributed by atoms with Gasteiger partial charge < -0.3 is 4.57 Å². The maximum absolute atomic E-state index is 13.1. The number of sulfonamides is 1. The van der Waals surface area contributed by atoms with Crippen LogP contribution >= 0.6 is 11.3 Å². The third-order valence-electron chi connectivity index (χ3n) is 5.02. The third kappa shape index (κ3) is 4.05. The Labute approximate surface area is 173 Å². The number of nitrogens with zero attached hydrogens (tertiary/aromatic N) is 3. The molecule has 0 saturated carbocycles. The lowest BCUT2D eigenvalue weighted by Gasteiger charge is -2.15. The fourth-order valence-corrected chi connectivity index (χ4v) is 5.97. The molecule has 4 rings (SSSR count). The van der Waals surface area contributed by atoms with E-state index in [0.717, 1.165) is 28.9 Å². The Morgan fingerprint density at radius 2 is 1.69 bits per heavy atom. The van der Waals surface area contributed by atoms with Gasteiger partial charge in [0.1, 0.15) is 5.82 Å². The van der Waals surface area contributed by atoms with Gasteiger partial charge in [-0.1, -0.05) is 12.1 Å². The van der Waals surface area contributed by atoms with E-state index in [1.807, 2.05) is 24.4 Å². The normalized spacial score (nSPS) is 15.9. The Balaban J connectivity index is 1.67. The molecular formula is C21H22FN3O2S2. The van der Waals surface area contributed by atoms with Crippen LogP contribution in [-0.4, -0.2) is 30.4 Å². The summed E-state index contributed by atoms with van der Waals surface area (Å²) in [5.41, 5.74) is 2.60. The van der Waals surface area contributed by atoms with Gasteiger partial charge >= 0.3 is 0 Å². The topological polar surface area (TPSA) is 54.7 Å². The van der Waals surface area contributed by atoms with Crippen molar-refractivity contribution in [2.45, 2.75) is 31.2 Å². The van der Waals surface area contributed by atoms with Crippen molar-refractivity contribution in [1.29, 1.82) is 0 Å². The Morgan fingerprint density at radius 3 is 2.31 bits per heavy atom. The number of thiazole rings is 1. The number of aromatic nitrogens is 1. The Morgan fingerprint density at radius 1 is 1.03 bits per heavy atom. The van der Waals surface area contributed by atoms with Crippen molar-refractivity contribution in [3.05, 3.63) is 64.5 Å². The minimum Gasteiger partial charge on any atom is -0.317 e.